The third-order valence-corrected chi connectivity index (χ3v) is 3.71. The number of nitriles is 1. The number of fused-ring (bicyclic) bond motifs is 1. The summed E-state index contributed by atoms with van der Waals surface area (Å²) in [5.41, 5.74) is 1.33. The summed E-state index contributed by atoms with van der Waals surface area (Å²) in [6.45, 7) is 4.37. The molecule has 0 unspecified atom stereocenters. The Morgan fingerprint density at radius 3 is 2.94 bits per heavy atom. The lowest BCUT2D eigenvalue weighted by atomic mass is 10.1. The summed E-state index contributed by atoms with van der Waals surface area (Å²) in [6, 6.07) is 10.6. The molecule has 2 aromatic rings. The van der Waals surface area contributed by atoms with Crippen molar-refractivity contribution in [3.63, 3.8) is 0 Å². The van der Waals surface area contributed by atoms with Crippen molar-refractivity contribution in [2.24, 2.45) is 0 Å². The average Bonchev–Trinajstić information content (AvgIpc) is 2.72. The van der Waals surface area contributed by atoms with Crippen LogP contribution in [0.25, 0.3) is 10.1 Å². The van der Waals surface area contributed by atoms with E-state index in [2.05, 4.69) is 47.5 Å². The molecule has 0 aliphatic rings. The van der Waals surface area contributed by atoms with Gasteiger partial charge in [-0.1, -0.05) is 25.1 Å². The lowest BCUT2D eigenvalue weighted by molar-refractivity contribution is 0.316. The van der Waals surface area contributed by atoms with E-state index in [1.807, 2.05) is 0 Å². The molecule has 0 saturated carbocycles. The van der Waals surface area contributed by atoms with Crippen LogP contribution in [0.1, 0.15) is 12.5 Å². The van der Waals surface area contributed by atoms with Gasteiger partial charge < -0.3 is 0 Å². The first-order valence-corrected chi connectivity index (χ1v) is 6.27. The second kappa shape index (κ2) is 5.11. The molecular formula is C13H14N2S. The second-order valence-electron chi connectivity index (χ2n) is 3.72. The van der Waals surface area contributed by atoms with Crippen molar-refractivity contribution in [2.75, 3.05) is 13.1 Å². The highest BCUT2D eigenvalue weighted by Gasteiger charge is 2.07. The van der Waals surface area contributed by atoms with Crippen molar-refractivity contribution in [3.05, 3.63) is 35.2 Å². The molecule has 0 spiro atoms. The molecule has 0 amide bonds. The van der Waals surface area contributed by atoms with Gasteiger partial charge in [0, 0.05) is 11.2 Å². The smallest absolute Gasteiger partial charge is 0.0868 e. The Hall–Kier alpha value is -1.37. The van der Waals surface area contributed by atoms with E-state index in [4.69, 9.17) is 5.26 Å². The molecule has 0 saturated heterocycles. The normalized spacial score (nSPS) is 10.8. The van der Waals surface area contributed by atoms with Crippen LogP contribution in [-0.2, 0) is 6.54 Å². The first-order valence-electron chi connectivity index (χ1n) is 5.39. The van der Waals surface area contributed by atoms with Crippen LogP contribution in [0.2, 0.25) is 0 Å². The van der Waals surface area contributed by atoms with Gasteiger partial charge in [-0.15, -0.1) is 11.3 Å². The van der Waals surface area contributed by atoms with Gasteiger partial charge in [0.1, 0.15) is 0 Å². The third-order valence-electron chi connectivity index (χ3n) is 2.70. The maximum atomic E-state index is 8.72. The molecule has 16 heavy (non-hydrogen) atoms. The first kappa shape index (κ1) is 11.1. The topological polar surface area (TPSA) is 27.0 Å². The lowest BCUT2D eigenvalue weighted by Crippen LogP contribution is -2.22. The fourth-order valence-electron chi connectivity index (χ4n) is 1.78. The molecule has 1 aromatic heterocycles. The zero-order chi connectivity index (χ0) is 11.4. The Kier molecular flexibility index (Phi) is 3.55. The van der Waals surface area contributed by atoms with Crippen LogP contribution in [0, 0.1) is 11.3 Å². The number of hydrogen-bond acceptors (Lipinski definition) is 3. The van der Waals surface area contributed by atoms with Gasteiger partial charge >= 0.3 is 0 Å². The van der Waals surface area contributed by atoms with Crippen molar-refractivity contribution >= 4 is 21.4 Å². The van der Waals surface area contributed by atoms with Crippen LogP contribution in [0.3, 0.4) is 0 Å². The molecule has 0 aliphatic carbocycles. The molecule has 0 N–H and O–H groups in total. The van der Waals surface area contributed by atoms with Crippen LogP contribution in [-0.4, -0.2) is 18.0 Å². The van der Waals surface area contributed by atoms with Crippen molar-refractivity contribution in [1.29, 1.82) is 5.26 Å². The van der Waals surface area contributed by atoms with Gasteiger partial charge in [0.25, 0.3) is 0 Å². The van der Waals surface area contributed by atoms with Gasteiger partial charge in [0.2, 0.25) is 0 Å². The molecule has 0 atom stereocenters. The molecule has 82 valence electrons. The minimum Gasteiger partial charge on any atom is -0.286 e. The Labute approximate surface area is 99.7 Å². The Balaban J connectivity index is 2.24. The standard InChI is InChI=1S/C13H14N2S/c1-2-15(8-7-14)9-11-10-16-13-6-4-3-5-12(11)13/h3-6,10H,2,8-9H2,1H3. The monoisotopic (exact) mass is 230 g/mol. The summed E-state index contributed by atoms with van der Waals surface area (Å²) < 4.78 is 1.32. The summed E-state index contributed by atoms with van der Waals surface area (Å²) in [5.74, 6) is 0. The van der Waals surface area contributed by atoms with Crippen molar-refractivity contribution in [2.45, 2.75) is 13.5 Å². The molecule has 1 aromatic carbocycles. The largest absolute Gasteiger partial charge is 0.286 e. The minimum absolute atomic E-state index is 0.501. The Morgan fingerprint density at radius 1 is 1.38 bits per heavy atom. The summed E-state index contributed by atoms with van der Waals surface area (Å²) in [5, 5.41) is 12.2. The molecular weight excluding hydrogens is 216 g/mol. The van der Waals surface area contributed by atoms with E-state index in [1.54, 1.807) is 11.3 Å². The third kappa shape index (κ3) is 2.24. The highest BCUT2D eigenvalue weighted by Crippen LogP contribution is 2.26. The summed E-state index contributed by atoms with van der Waals surface area (Å²) >= 11 is 1.77. The number of hydrogen-bond donors (Lipinski definition) is 0. The maximum Gasteiger partial charge on any atom is 0.0868 e. The maximum absolute atomic E-state index is 8.72. The molecule has 0 aliphatic heterocycles. The van der Waals surface area contributed by atoms with E-state index >= 15 is 0 Å². The fourth-order valence-corrected chi connectivity index (χ4v) is 2.73. The van der Waals surface area contributed by atoms with Crippen molar-refractivity contribution < 1.29 is 0 Å². The first-order chi connectivity index (χ1) is 7.85. The number of thiophene rings is 1. The van der Waals surface area contributed by atoms with Crippen molar-refractivity contribution in [1.82, 2.24) is 4.90 Å². The summed E-state index contributed by atoms with van der Waals surface area (Å²) in [4.78, 5) is 2.15. The van der Waals surface area contributed by atoms with Crippen molar-refractivity contribution in [3.8, 4) is 6.07 Å². The van der Waals surface area contributed by atoms with Gasteiger partial charge in [0.05, 0.1) is 12.6 Å². The van der Waals surface area contributed by atoms with E-state index in [0.29, 0.717) is 6.54 Å². The van der Waals surface area contributed by atoms with E-state index in [9.17, 15) is 0 Å². The van der Waals surface area contributed by atoms with E-state index in [1.165, 1.54) is 15.6 Å². The van der Waals surface area contributed by atoms with Crippen LogP contribution in [0.15, 0.2) is 29.6 Å². The fraction of sp³-hybridized carbons (Fsp3) is 0.308. The average molecular weight is 230 g/mol. The van der Waals surface area contributed by atoms with Gasteiger partial charge in [0.15, 0.2) is 0 Å². The molecule has 2 rings (SSSR count). The molecule has 0 bridgehead atoms. The molecule has 3 heteroatoms. The van der Waals surface area contributed by atoms with E-state index < -0.39 is 0 Å². The quantitative estimate of drug-likeness (QED) is 0.754. The predicted octanol–water partition coefficient (Wildman–Crippen LogP) is 3.25. The lowest BCUT2D eigenvalue weighted by Gasteiger charge is -2.15. The molecule has 2 nitrogen and oxygen atoms in total. The van der Waals surface area contributed by atoms with Gasteiger partial charge in [-0.3, -0.25) is 4.90 Å². The second-order valence-corrected chi connectivity index (χ2v) is 4.63. The van der Waals surface area contributed by atoms with Gasteiger partial charge in [-0.2, -0.15) is 5.26 Å². The van der Waals surface area contributed by atoms with E-state index in [0.717, 1.165) is 13.1 Å². The zero-order valence-electron chi connectivity index (χ0n) is 9.31. The molecule has 1 heterocycles. The summed E-state index contributed by atoms with van der Waals surface area (Å²) in [6.07, 6.45) is 0. The zero-order valence-corrected chi connectivity index (χ0v) is 10.1. The van der Waals surface area contributed by atoms with Crippen LogP contribution < -0.4 is 0 Å². The van der Waals surface area contributed by atoms with Gasteiger partial charge in [-0.05, 0) is 28.9 Å². The highest BCUT2D eigenvalue weighted by molar-refractivity contribution is 7.17. The Morgan fingerprint density at radius 2 is 2.19 bits per heavy atom. The molecule has 0 fully saturated rings. The van der Waals surface area contributed by atoms with E-state index in [-0.39, 0.29) is 0 Å². The Bertz CT molecular complexity index is 510. The summed E-state index contributed by atoms with van der Waals surface area (Å²) in [7, 11) is 0. The molecule has 0 radical (unpaired) electrons. The minimum atomic E-state index is 0.501. The number of rotatable bonds is 4. The predicted molar refractivity (Wildman–Crippen MR) is 68.4 cm³/mol. The van der Waals surface area contributed by atoms with Crippen LogP contribution >= 0.6 is 11.3 Å². The highest BCUT2D eigenvalue weighted by atomic mass is 32.1. The van der Waals surface area contributed by atoms with Crippen LogP contribution in [0.5, 0.6) is 0 Å². The SMILES string of the molecule is CCN(CC#N)Cc1csc2ccccc12. The number of nitrogens with zero attached hydrogens (tertiary/aromatic N) is 2. The van der Waals surface area contributed by atoms with Crippen LogP contribution in [0.4, 0.5) is 0 Å². The number of benzene rings is 1. The van der Waals surface area contributed by atoms with Gasteiger partial charge in [-0.25, -0.2) is 0 Å².